The van der Waals surface area contributed by atoms with Gasteiger partial charge >= 0.3 is 0 Å². The molecule has 0 bridgehead atoms. The Kier molecular flexibility index (Phi) is 5.21. The highest BCUT2D eigenvalue weighted by Gasteiger charge is 2.47. The summed E-state index contributed by atoms with van der Waals surface area (Å²) in [5.74, 6) is 1.47. The molecule has 16 heteroatoms. The number of halogens is 2. The van der Waals surface area contributed by atoms with Crippen molar-refractivity contribution in [2.45, 2.75) is 42.8 Å². The maximum Gasteiger partial charge on any atom is 0.291 e. The summed E-state index contributed by atoms with van der Waals surface area (Å²) in [6.45, 7) is 1.83. The highest BCUT2D eigenvalue weighted by Crippen LogP contribution is 2.40. The summed E-state index contributed by atoms with van der Waals surface area (Å²) in [5, 5.41) is 17.9. The molecule has 2 aliphatic rings. The second-order valence-electron chi connectivity index (χ2n) is 9.39. The van der Waals surface area contributed by atoms with Crippen molar-refractivity contribution in [3.05, 3.63) is 47.8 Å². The molecule has 1 aromatic carbocycles. The van der Waals surface area contributed by atoms with Crippen molar-refractivity contribution >= 4 is 49.1 Å². The Labute approximate surface area is 223 Å². The lowest BCUT2D eigenvalue weighted by Gasteiger charge is -2.29. The number of hydrogen-bond acceptors (Lipinski definition) is 10. The van der Waals surface area contributed by atoms with Crippen LogP contribution in [0.4, 0.5) is 14.6 Å². The first-order valence-corrected chi connectivity index (χ1v) is 14.2. The lowest BCUT2D eigenvalue weighted by molar-refractivity contribution is 0.150. The van der Waals surface area contributed by atoms with Crippen molar-refractivity contribution in [1.29, 1.82) is 5.26 Å². The van der Waals surface area contributed by atoms with Crippen molar-refractivity contribution in [1.82, 2.24) is 39.0 Å². The van der Waals surface area contributed by atoms with Gasteiger partial charge in [-0.05, 0) is 25.0 Å². The largest absolute Gasteiger partial charge is 0.347 e. The summed E-state index contributed by atoms with van der Waals surface area (Å²) in [7, 11) is -4.06. The smallest absolute Gasteiger partial charge is 0.291 e. The van der Waals surface area contributed by atoms with E-state index in [0.717, 1.165) is 5.82 Å². The Morgan fingerprint density at radius 1 is 1.15 bits per heavy atom. The molecule has 7 rings (SSSR count). The molecule has 1 aliphatic carbocycles. The van der Waals surface area contributed by atoms with Crippen LogP contribution in [-0.2, 0) is 23.1 Å². The number of anilines is 1. The summed E-state index contributed by atoms with van der Waals surface area (Å²) in [5.41, 5.74) is -0.351. The zero-order valence-corrected chi connectivity index (χ0v) is 21.6. The van der Waals surface area contributed by atoms with Crippen LogP contribution in [0.2, 0.25) is 0 Å². The number of nitriles is 1. The quantitative estimate of drug-likeness (QED) is 0.326. The van der Waals surface area contributed by atoms with E-state index in [0.29, 0.717) is 71.6 Å². The van der Waals surface area contributed by atoms with Crippen LogP contribution < -0.4 is 9.62 Å². The van der Waals surface area contributed by atoms with Crippen molar-refractivity contribution in [3.8, 4) is 11.2 Å². The molecule has 39 heavy (non-hydrogen) atoms. The number of imidazole rings is 1. The van der Waals surface area contributed by atoms with Gasteiger partial charge in [-0.1, -0.05) is 17.4 Å². The Balaban J connectivity index is 1.44. The van der Waals surface area contributed by atoms with Gasteiger partial charge in [0.15, 0.2) is 10.7 Å². The highest BCUT2D eigenvalue weighted by atomic mass is 32.2. The zero-order chi connectivity index (χ0) is 26.9. The number of nitrogens with one attached hydrogen (secondary N) is 1. The Bertz CT molecular complexity index is 1920. The number of rotatable bonds is 6. The maximum absolute atomic E-state index is 13.4. The molecule has 0 amide bonds. The second kappa shape index (κ2) is 8.46. The first-order valence-electron chi connectivity index (χ1n) is 11.9. The fourth-order valence-electron chi connectivity index (χ4n) is 4.84. The molecule has 0 spiro atoms. The average Bonchev–Trinajstić information content (AvgIpc) is 3.28. The van der Waals surface area contributed by atoms with E-state index in [4.69, 9.17) is 0 Å². The first-order chi connectivity index (χ1) is 18.8. The summed E-state index contributed by atoms with van der Waals surface area (Å²) < 4.78 is 59.3. The predicted molar refractivity (Wildman–Crippen MR) is 136 cm³/mol. The van der Waals surface area contributed by atoms with Crippen LogP contribution in [0.15, 0.2) is 41.8 Å². The third kappa shape index (κ3) is 3.84. The van der Waals surface area contributed by atoms with Crippen LogP contribution in [0.25, 0.3) is 27.1 Å². The number of fused-ring (bicyclic) bond motifs is 4. The molecule has 12 nitrogen and oxygen atoms in total. The molecule has 1 N–H and O–H groups in total. The monoisotopic (exact) mass is 568 g/mol. The van der Waals surface area contributed by atoms with Crippen molar-refractivity contribution < 1.29 is 17.2 Å². The fraction of sp³-hybridized carbons (Fsp3) is 0.304. The van der Waals surface area contributed by atoms with E-state index in [1.165, 1.54) is 23.0 Å². The van der Waals surface area contributed by atoms with E-state index < -0.39 is 27.0 Å². The van der Waals surface area contributed by atoms with Gasteiger partial charge in [-0.2, -0.15) is 9.98 Å². The van der Waals surface area contributed by atoms with Crippen molar-refractivity contribution in [2.24, 2.45) is 0 Å². The van der Waals surface area contributed by atoms with E-state index in [1.54, 1.807) is 12.3 Å². The van der Waals surface area contributed by atoms with E-state index in [1.807, 2.05) is 12.3 Å². The SMILES string of the molecule is N#CC1(NS(=O)(=O)c2ccc3c4c(N5CCn6ccnc6C5)ncnc4n(-c4nnc(C(F)F)s4)c3c2)CC1. The van der Waals surface area contributed by atoms with Gasteiger partial charge in [0.1, 0.15) is 23.5 Å². The van der Waals surface area contributed by atoms with E-state index in [2.05, 4.69) is 39.3 Å². The summed E-state index contributed by atoms with van der Waals surface area (Å²) in [6, 6.07) is 6.55. The fourth-order valence-corrected chi connectivity index (χ4v) is 6.95. The van der Waals surface area contributed by atoms with Crippen molar-refractivity contribution in [2.75, 3.05) is 11.4 Å². The number of benzene rings is 1. The zero-order valence-electron chi connectivity index (χ0n) is 20.0. The number of aromatic nitrogens is 7. The molecule has 1 aliphatic heterocycles. The molecule has 198 valence electrons. The first kappa shape index (κ1) is 24.0. The molecule has 4 aromatic heterocycles. The molecule has 5 aromatic rings. The van der Waals surface area contributed by atoms with E-state index in [9.17, 15) is 22.5 Å². The molecule has 0 atom stereocenters. The van der Waals surface area contributed by atoms with Gasteiger partial charge in [0.25, 0.3) is 6.43 Å². The van der Waals surface area contributed by atoms with Gasteiger partial charge in [-0.25, -0.2) is 32.2 Å². The number of nitrogens with zero attached hydrogens (tertiary/aromatic N) is 9. The normalized spacial score (nSPS) is 16.6. The van der Waals surface area contributed by atoms with Gasteiger partial charge in [0.2, 0.25) is 15.2 Å². The van der Waals surface area contributed by atoms with Crippen LogP contribution >= 0.6 is 11.3 Å². The van der Waals surface area contributed by atoms with E-state index >= 15 is 0 Å². The van der Waals surface area contributed by atoms with Crippen LogP contribution in [-0.4, -0.2) is 54.8 Å². The number of hydrogen-bond donors (Lipinski definition) is 1. The predicted octanol–water partition coefficient (Wildman–Crippen LogP) is 2.91. The molecule has 0 radical (unpaired) electrons. The molecule has 1 saturated carbocycles. The summed E-state index contributed by atoms with van der Waals surface area (Å²) in [4.78, 5) is 15.4. The minimum absolute atomic E-state index is 0.0753. The molecule has 0 unspecified atom stereocenters. The average molecular weight is 569 g/mol. The minimum atomic E-state index is -4.06. The Morgan fingerprint density at radius 2 is 2.00 bits per heavy atom. The van der Waals surface area contributed by atoms with Crippen LogP contribution in [0, 0.1) is 11.3 Å². The number of alkyl halides is 2. The molecule has 1 fully saturated rings. The van der Waals surface area contributed by atoms with Gasteiger partial charge in [-0.15, -0.1) is 10.2 Å². The topological polar surface area (TPSA) is 148 Å². The van der Waals surface area contributed by atoms with Gasteiger partial charge in [0.05, 0.1) is 28.4 Å². The van der Waals surface area contributed by atoms with Crippen LogP contribution in [0.5, 0.6) is 0 Å². The molecular formula is C23H18F2N10O2S2. The van der Waals surface area contributed by atoms with Crippen molar-refractivity contribution in [3.63, 3.8) is 0 Å². The summed E-state index contributed by atoms with van der Waals surface area (Å²) >= 11 is 0.694. The number of sulfonamides is 1. The van der Waals surface area contributed by atoms with Gasteiger partial charge in [-0.3, -0.25) is 4.57 Å². The maximum atomic E-state index is 13.4. The molecule has 0 saturated heterocycles. The van der Waals surface area contributed by atoms with Gasteiger partial charge in [0, 0.05) is 30.9 Å². The highest BCUT2D eigenvalue weighted by molar-refractivity contribution is 7.89. The third-order valence-corrected chi connectivity index (χ3v) is 9.40. The standard InChI is InChI=1S/C23H18F2N10O2S2/c24-18(25)21-30-31-22(38-21)35-15-9-13(39(36,37)32-23(11-26)3-4-23)1-2-14(15)17-19(28-12-29-20(17)35)34-8-7-33-6-5-27-16(33)10-34/h1-2,5-6,9,12,18,32H,3-4,7-8,10H2. The Hall–Kier alpha value is -4.07. The van der Waals surface area contributed by atoms with Gasteiger partial charge < -0.3 is 9.47 Å². The van der Waals surface area contributed by atoms with Crippen LogP contribution in [0.1, 0.15) is 30.1 Å². The Morgan fingerprint density at radius 3 is 2.74 bits per heavy atom. The lowest BCUT2D eigenvalue weighted by Crippen LogP contribution is -2.35. The second-order valence-corrected chi connectivity index (χ2v) is 12.1. The minimum Gasteiger partial charge on any atom is -0.347 e. The van der Waals surface area contributed by atoms with E-state index in [-0.39, 0.29) is 10.0 Å². The van der Waals surface area contributed by atoms with Crippen LogP contribution in [0.3, 0.4) is 0 Å². The molecular weight excluding hydrogens is 550 g/mol. The lowest BCUT2D eigenvalue weighted by atomic mass is 10.2. The third-order valence-electron chi connectivity index (χ3n) is 6.95. The summed E-state index contributed by atoms with van der Waals surface area (Å²) in [6.07, 6.45) is 3.08. The molecule has 5 heterocycles.